The number of amides is 2. The Kier molecular flexibility index (Phi) is 11.9. The van der Waals surface area contributed by atoms with Gasteiger partial charge in [0.15, 0.2) is 6.29 Å². The molecular formula is C38H53N3O7. The number of carbonyl (C=O) groups excluding carboxylic acids is 2. The topological polar surface area (TPSA) is 137 Å². The minimum atomic E-state index is -0.919. The van der Waals surface area contributed by atoms with Gasteiger partial charge in [-0.3, -0.25) is 19.3 Å². The molecule has 4 N–H and O–H groups in total. The number of ether oxygens (including phenoxy) is 2. The second-order valence-corrected chi connectivity index (χ2v) is 14.9. The number of carboxylic acids is 1. The van der Waals surface area contributed by atoms with Crippen LogP contribution in [0.1, 0.15) is 115 Å². The van der Waals surface area contributed by atoms with Crippen molar-refractivity contribution in [3.05, 3.63) is 65.2 Å². The van der Waals surface area contributed by atoms with Crippen molar-refractivity contribution >= 4 is 23.5 Å². The molecule has 2 aromatic rings. The maximum atomic E-state index is 13.8. The highest BCUT2D eigenvalue weighted by Crippen LogP contribution is 2.44. The van der Waals surface area contributed by atoms with E-state index >= 15 is 0 Å². The zero-order chi connectivity index (χ0) is 34.4. The molecule has 2 saturated heterocycles. The van der Waals surface area contributed by atoms with Crippen molar-refractivity contribution in [3.8, 4) is 0 Å². The van der Waals surface area contributed by atoms with Gasteiger partial charge in [-0.2, -0.15) is 0 Å². The SMILES string of the molecule is CC1C(CN2C(C(=O)NC(C)(C)C)CCC3CCCCC32)OC(c2ccc(NC(=O)CCCC(=O)O)cc2)OC1c1ccc(CO)cc1. The van der Waals surface area contributed by atoms with Gasteiger partial charge >= 0.3 is 5.97 Å². The molecule has 3 aliphatic rings. The minimum Gasteiger partial charge on any atom is -0.481 e. The first-order chi connectivity index (χ1) is 22.9. The highest BCUT2D eigenvalue weighted by Gasteiger charge is 2.46. The summed E-state index contributed by atoms with van der Waals surface area (Å²) in [5.74, 6) is -0.517. The summed E-state index contributed by atoms with van der Waals surface area (Å²) in [4.78, 5) is 39.3. The van der Waals surface area contributed by atoms with Crippen LogP contribution in [0.15, 0.2) is 48.5 Å². The molecule has 2 aromatic carbocycles. The highest BCUT2D eigenvalue weighted by atomic mass is 16.7. The number of aliphatic hydroxyl groups is 1. The number of nitrogens with zero attached hydrogens (tertiary/aromatic N) is 1. The summed E-state index contributed by atoms with van der Waals surface area (Å²) in [5, 5.41) is 24.6. The van der Waals surface area contributed by atoms with Crippen LogP contribution in [0, 0.1) is 11.8 Å². The molecule has 0 aromatic heterocycles. The number of carboxylic acid groups (broad SMARTS) is 1. The van der Waals surface area contributed by atoms with E-state index in [1.54, 1.807) is 12.1 Å². The fourth-order valence-corrected chi connectivity index (χ4v) is 7.61. The molecule has 48 heavy (non-hydrogen) atoms. The Morgan fingerprint density at radius 1 is 0.896 bits per heavy atom. The molecular weight excluding hydrogens is 610 g/mol. The van der Waals surface area contributed by atoms with Gasteiger partial charge in [0.25, 0.3) is 0 Å². The van der Waals surface area contributed by atoms with Crippen LogP contribution in [0.5, 0.6) is 0 Å². The van der Waals surface area contributed by atoms with E-state index in [1.165, 1.54) is 19.3 Å². The van der Waals surface area contributed by atoms with Crippen molar-refractivity contribution < 1.29 is 34.1 Å². The predicted molar refractivity (Wildman–Crippen MR) is 183 cm³/mol. The molecule has 10 heteroatoms. The molecule has 7 atom stereocenters. The predicted octanol–water partition coefficient (Wildman–Crippen LogP) is 6.10. The van der Waals surface area contributed by atoms with Crippen LogP contribution in [0.25, 0.3) is 0 Å². The Morgan fingerprint density at radius 2 is 1.58 bits per heavy atom. The van der Waals surface area contributed by atoms with E-state index < -0.39 is 12.3 Å². The third kappa shape index (κ3) is 9.22. The van der Waals surface area contributed by atoms with Crippen molar-refractivity contribution in [2.45, 2.75) is 128 Å². The number of fused-ring (bicyclic) bond motifs is 1. The van der Waals surface area contributed by atoms with Gasteiger partial charge < -0.3 is 30.3 Å². The van der Waals surface area contributed by atoms with Gasteiger partial charge in [-0.15, -0.1) is 0 Å². The zero-order valence-corrected chi connectivity index (χ0v) is 28.8. The van der Waals surface area contributed by atoms with Gasteiger partial charge in [0.2, 0.25) is 11.8 Å². The average Bonchev–Trinajstić information content (AvgIpc) is 3.05. The summed E-state index contributed by atoms with van der Waals surface area (Å²) in [7, 11) is 0. The van der Waals surface area contributed by atoms with Crippen LogP contribution in [-0.4, -0.2) is 63.2 Å². The molecule has 0 spiro atoms. The summed E-state index contributed by atoms with van der Waals surface area (Å²) in [6, 6.07) is 15.3. The van der Waals surface area contributed by atoms with E-state index in [0.717, 1.165) is 36.0 Å². The molecule has 7 unspecified atom stereocenters. The van der Waals surface area contributed by atoms with Crippen LogP contribution < -0.4 is 10.6 Å². The van der Waals surface area contributed by atoms with Gasteiger partial charge in [0.1, 0.15) is 0 Å². The van der Waals surface area contributed by atoms with Gasteiger partial charge in [0.05, 0.1) is 24.9 Å². The summed E-state index contributed by atoms with van der Waals surface area (Å²) >= 11 is 0. The van der Waals surface area contributed by atoms with E-state index in [2.05, 4.69) is 22.5 Å². The summed E-state index contributed by atoms with van der Waals surface area (Å²) in [6.45, 7) is 8.81. The number of aliphatic carboxylic acids is 1. The zero-order valence-electron chi connectivity index (χ0n) is 28.8. The van der Waals surface area contributed by atoms with Gasteiger partial charge in [-0.25, -0.2) is 0 Å². The molecule has 1 aliphatic carbocycles. The van der Waals surface area contributed by atoms with Crippen molar-refractivity contribution in [1.82, 2.24) is 10.2 Å². The number of carbonyl (C=O) groups is 3. The van der Waals surface area contributed by atoms with Gasteiger partial charge in [0, 0.05) is 48.1 Å². The smallest absolute Gasteiger partial charge is 0.303 e. The van der Waals surface area contributed by atoms with Gasteiger partial charge in [-0.05, 0) is 82.1 Å². The van der Waals surface area contributed by atoms with Crippen molar-refractivity contribution in [3.63, 3.8) is 0 Å². The standard InChI is InChI=1S/C38H53N3O7/c1-24-32(22-41-30-9-6-5-8-26(30)18-21-31(41)36(46)40-38(2,3)4)47-37(48-35(24)27-14-12-25(23-42)13-15-27)28-16-19-29(20-17-28)39-33(43)10-7-11-34(44)45/h12-17,19-20,24,26,30-32,35,37,42H,5-11,18,21-23H2,1-4H3,(H,39,43)(H,40,46)(H,44,45). The lowest BCUT2D eigenvalue weighted by Gasteiger charge is -2.51. The summed E-state index contributed by atoms with van der Waals surface area (Å²) in [5.41, 5.74) is 2.93. The number of aliphatic hydroxyl groups excluding tert-OH is 1. The maximum absolute atomic E-state index is 13.8. The monoisotopic (exact) mass is 663 g/mol. The number of hydrogen-bond donors (Lipinski definition) is 4. The lowest BCUT2D eigenvalue weighted by molar-refractivity contribution is -0.278. The molecule has 262 valence electrons. The molecule has 5 rings (SSSR count). The number of piperidine rings is 1. The third-order valence-corrected chi connectivity index (χ3v) is 10.1. The molecule has 2 amide bonds. The van der Waals surface area contributed by atoms with E-state index in [0.29, 0.717) is 24.2 Å². The lowest BCUT2D eigenvalue weighted by Crippen LogP contribution is -2.61. The van der Waals surface area contributed by atoms with E-state index in [-0.39, 0.29) is 67.4 Å². The Hall–Kier alpha value is -3.31. The first kappa shape index (κ1) is 36.0. The van der Waals surface area contributed by atoms with E-state index in [9.17, 15) is 19.5 Å². The Labute approximate surface area is 284 Å². The Morgan fingerprint density at radius 3 is 2.25 bits per heavy atom. The average molecular weight is 664 g/mol. The summed E-state index contributed by atoms with van der Waals surface area (Å²) in [6.07, 6.45) is 5.76. The van der Waals surface area contributed by atoms with Crippen molar-refractivity contribution in [2.24, 2.45) is 11.8 Å². The first-order valence-corrected chi connectivity index (χ1v) is 17.6. The number of rotatable bonds is 11. The normalized spacial score (nSPS) is 27.9. The largest absolute Gasteiger partial charge is 0.481 e. The molecule has 2 aliphatic heterocycles. The fraction of sp³-hybridized carbons (Fsp3) is 0.605. The number of benzene rings is 2. The van der Waals surface area contributed by atoms with Crippen molar-refractivity contribution in [1.29, 1.82) is 0 Å². The third-order valence-electron chi connectivity index (χ3n) is 10.1. The Bertz CT molecular complexity index is 1390. The number of anilines is 1. The Balaban J connectivity index is 1.39. The number of hydrogen-bond acceptors (Lipinski definition) is 7. The first-order valence-electron chi connectivity index (χ1n) is 17.6. The van der Waals surface area contributed by atoms with Gasteiger partial charge in [-0.1, -0.05) is 56.2 Å². The second kappa shape index (κ2) is 15.9. The summed E-state index contributed by atoms with van der Waals surface area (Å²) < 4.78 is 13.5. The quantitative estimate of drug-likeness (QED) is 0.226. The molecule has 3 fully saturated rings. The van der Waals surface area contributed by atoms with E-state index in [4.69, 9.17) is 14.6 Å². The van der Waals surface area contributed by atoms with Crippen molar-refractivity contribution in [2.75, 3.05) is 11.9 Å². The number of nitrogens with one attached hydrogen (secondary N) is 2. The van der Waals surface area contributed by atoms with Crippen LogP contribution in [-0.2, 0) is 30.5 Å². The molecule has 1 saturated carbocycles. The van der Waals surface area contributed by atoms with Crippen LogP contribution in [0.4, 0.5) is 5.69 Å². The maximum Gasteiger partial charge on any atom is 0.303 e. The van der Waals surface area contributed by atoms with Crippen LogP contribution in [0.2, 0.25) is 0 Å². The van der Waals surface area contributed by atoms with E-state index in [1.807, 2.05) is 57.2 Å². The molecule has 0 radical (unpaired) electrons. The lowest BCUT2D eigenvalue weighted by atomic mass is 9.75. The highest BCUT2D eigenvalue weighted by molar-refractivity contribution is 5.90. The van der Waals surface area contributed by atoms with Crippen LogP contribution in [0.3, 0.4) is 0 Å². The molecule has 2 heterocycles. The fourth-order valence-electron chi connectivity index (χ4n) is 7.61. The number of likely N-dealkylation sites (tertiary alicyclic amines) is 1. The minimum absolute atomic E-state index is 0.0270. The second-order valence-electron chi connectivity index (χ2n) is 14.9. The van der Waals surface area contributed by atoms with Crippen LogP contribution >= 0.6 is 0 Å². The molecule has 0 bridgehead atoms. The molecule has 10 nitrogen and oxygen atoms in total.